The van der Waals surface area contributed by atoms with E-state index in [4.69, 9.17) is 10.8 Å². The van der Waals surface area contributed by atoms with Crippen LogP contribution in [0.15, 0.2) is 18.2 Å². The molecule has 3 nitrogen and oxygen atoms in total. The van der Waals surface area contributed by atoms with Crippen LogP contribution in [0.4, 0.5) is 0 Å². The van der Waals surface area contributed by atoms with E-state index in [1.807, 2.05) is 20.8 Å². The molecule has 0 heterocycles. The number of hydrogen-bond acceptors (Lipinski definition) is 2. The summed E-state index contributed by atoms with van der Waals surface area (Å²) in [6, 6.07) is 5.00. The Kier molecular flexibility index (Phi) is 2.62. The van der Waals surface area contributed by atoms with E-state index in [1.54, 1.807) is 18.2 Å². The van der Waals surface area contributed by atoms with Crippen LogP contribution in [0.5, 0.6) is 0 Å². The minimum Gasteiger partial charge on any atom is -0.478 e. The summed E-state index contributed by atoms with van der Waals surface area (Å²) < 4.78 is 0. The van der Waals surface area contributed by atoms with Crippen molar-refractivity contribution in [2.45, 2.75) is 26.3 Å². The summed E-state index contributed by atoms with van der Waals surface area (Å²) in [6.07, 6.45) is 0. The molecule has 0 amide bonds. The first-order valence-electron chi connectivity index (χ1n) is 4.45. The van der Waals surface area contributed by atoms with Crippen molar-refractivity contribution in [1.29, 1.82) is 0 Å². The summed E-state index contributed by atoms with van der Waals surface area (Å²) in [6.45, 7) is 5.67. The first-order chi connectivity index (χ1) is 6.32. The number of aryl methyl sites for hydroxylation is 1. The molecule has 3 N–H and O–H groups in total. The van der Waals surface area contributed by atoms with E-state index in [1.165, 1.54) is 0 Å². The van der Waals surface area contributed by atoms with E-state index in [2.05, 4.69) is 0 Å². The Hall–Kier alpha value is -1.35. The number of carbonyl (C=O) groups is 1. The molecule has 1 rings (SSSR count). The predicted molar refractivity (Wildman–Crippen MR) is 55.4 cm³/mol. The van der Waals surface area contributed by atoms with Crippen LogP contribution in [-0.2, 0) is 5.54 Å². The van der Waals surface area contributed by atoms with E-state index in [9.17, 15) is 4.79 Å². The fourth-order valence-corrected chi connectivity index (χ4v) is 1.52. The summed E-state index contributed by atoms with van der Waals surface area (Å²) >= 11 is 0. The lowest BCUT2D eigenvalue weighted by molar-refractivity contribution is 0.0696. The molecule has 0 aliphatic rings. The Labute approximate surface area is 83.6 Å². The number of carboxylic acid groups (broad SMARTS) is 1. The largest absolute Gasteiger partial charge is 0.478 e. The van der Waals surface area contributed by atoms with Gasteiger partial charge in [0.2, 0.25) is 0 Å². The molecule has 0 atom stereocenters. The maximum absolute atomic E-state index is 10.7. The summed E-state index contributed by atoms with van der Waals surface area (Å²) in [5.41, 5.74) is 7.70. The van der Waals surface area contributed by atoms with Gasteiger partial charge in [-0.15, -0.1) is 0 Å². The summed E-state index contributed by atoms with van der Waals surface area (Å²) in [4.78, 5) is 10.7. The number of carboxylic acids is 1. The first-order valence-corrected chi connectivity index (χ1v) is 4.45. The van der Waals surface area contributed by atoms with Crippen LogP contribution < -0.4 is 5.73 Å². The van der Waals surface area contributed by atoms with Gasteiger partial charge in [-0.1, -0.05) is 6.07 Å². The van der Waals surface area contributed by atoms with Crippen molar-refractivity contribution in [3.8, 4) is 0 Å². The molecule has 0 fully saturated rings. The van der Waals surface area contributed by atoms with Crippen LogP contribution in [0, 0.1) is 6.92 Å². The average Bonchev–Trinajstić information content (AvgIpc) is 2.01. The normalized spacial score (nSPS) is 11.4. The monoisotopic (exact) mass is 193 g/mol. The molecule has 1 aromatic carbocycles. The van der Waals surface area contributed by atoms with Crippen LogP contribution in [0.3, 0.4) is 0 Å². The van der Waals surface area contributed by atoms with Gasteiger partial charge in [-0.25, -0.2) is 4.79 Å². The molecule has 3 heteroatoms. The molecular weight excluding hydrogens is 178 g/mol. The van der Waals surface area contributed by atoms with Crippen molar-refractivity contribution < 1.29 is 9.90 Å². The third kappa shape index (κ3) is 2.12. The number of benzene rings is 1. The van der Waals surface area contributed by atoms with Gasteiger partial charge in [-0.2, -0.15) is 0 Å². The van der Waals surface area contributed by atoms with Crippen LogP contribution in [-0.4, -0.2) is 11.1 Å². The zero-order valence-electron chi connectivity index (χ0n) is 8.66. The van der Waals surface area contributed by atoms with Crippen LogP contribution >= 0.6 is 0 Å². The molecule has 0 aliphatic carbocycles. The Bertz CT molecular complexity index is 364. The molecule has 1 aromatic rings. The number of rotatable bonds is 2. The minimum atomic E-state index is -0.908. The smallest absolute Gasteiger partial charge is 0.335 e. The van der Waals surface area contributed by atoms with Crippen molar-refractivity contribution in [2.75, 3.05) is 0 Å². The standard InChI is InChI=1S/C11H15NO2/c1-7-6-8(10(13)14)4-5-9(7)11(2,3)12/h4-6H,12H2,1-3H3,(H,13,14). The fraction of sp³-hybridized carbons (Fsp3) is 0.364. The van der Waals surface area contributed by atoms with E-state index in [-0.39, 0.29) is 0 Å². The predicted octanol–water partition coefficient (Wildman–Crippen LogP) is 1.89. The first kappa shape index (κ1) is 10.7. The van der Waals surface area contributed by atoms with E-state index in [0.717, 1.165) is 11.1 Å². The highest BCUT2D eigenvalue weighted by molar-refractivity contribution is 5.87. The third-order valence-corrected chi connectivity index (χ3v) is 2.17. The molecule has 0 radical (unpaired) electrons. The molecule has 0 bridgehead atoms. The summed E-state index contributed by atoms with van der Waals surface area (Å²) in [5, 5.41) is 8.77. The lowest BCUT2D eigenvalue weighted by atomic mass is 9.90. The molecule has 14 heavy (non-hydrogen) atoms. The van der Waals surface area contributed by atoms with Crippen LogP contribution in [0.1, 0.15) is 35.3 Å². The summed E-state index contributed by atoms with van der Waals surface area (Å²) in [5.74, 6) is -0.908. The lowest BCUT2D eigenvalue weighted by Gasteiger charge is -2.21. The van der Waals surface area contributed by atoms with Gasteiger partial charge < -0.3 is 10.8 Å². The van der Waals surface area contributed by atoms with Gasteiger partial charge in [0, 0.05) is 5.54 Å². The highest BCUT2D eigenvalue weighted by Gasteiger charge is 2.17. The highest BCUT2D eigenvalue weighted by Crippen LogP contribution is 2.21. The minimum absolute atomic E-state index is 0.301. The van der Waals surface area contributed by atoms with Gasteiger partial charge in [-0.3, -0.25) is 0 Å². The maximum atomic E-state index is 10.7. The second-order valence-electron chi connectivity index (χ2n) is 4.06. The van der Waals surface area contributed by atoms with E-state index >= 15 is 0 Å². The molecule has 0 saturated carbocycles. The number of hydrogen-bond donors (Lipinski definition) is 2. The SMILES string of the molecule is Cc1cc(C(=O)O)ccc1C(C)(C)N. The van der Waals surface area contributed by atoms with Crippen LogP contribution in [0.25, 0.3) is 0 Å². The Morgan fingerprint density at radius 1 is 1.43 bits per heavy atom. The van der Waals surface area contributed by atoms with Gasteiger partial charge >= 0.3 is 5.97 Å². The number of nitrogens with two attached hydrogens (primary N) is 1. The second kappa shape index (κ2) is 3.42. The zero-order valence-corrected chi connectivity index (χ0v) is 8.66. The average molecular weight is 193 g/mol. The lowest BCUT2D eigenvalue weighted by Crippen LogP contribution is -2.29. The van der Waals surface area contributed by atoms with Crippen molar-refractivity contribution in [3.05, 3.63) is 34.9 Å². The summed E-state index contributed by atoms with van der Waals surface area (Å²) in [7, 11) is 0. The quantitative estimate of drug-likeness (QED) is 0.753. The highest BCUT2D eigenvalue weighted by atomic mass is 16.4. The second-order valence-corrected chi connectivity index (χ2v) is 4.06. The molecule has 0 aromatic heterocycles. The van der Waals surface area contributed by atoms with Gasteiger partial charge in [0.1, 0.15) is 0 Å². The zero-order chi connectivity index (χ0) is 10.9. The van der Waals surface area contributed by atoms with Gasteiger partial charge in [0.05, 0.1) is 5.56 Å². The molecule has 0 spiro atoms. The Morgan fingerprint density at radius 2 is 2.00 bits per heavy atom. The third-order valence-electron chi connectivity index (χ3n) is 2.17. The van der Waals surface area contributed by atoms with E-state index < -0.39 is 11.5 Å². The van der Waals surface area contributed by atoms with E-state index in [0.29, 0.717) is 5.56 Å². The van der Waals surface area contributed by atoms with Gasteiger partial charge in [-0.05, 0) is 44.0 Å². The molecule has 0 unspecified atom stereocenters. The van der Waals surface area contributed by atoms with Crippen molar-refractivity contribution >= 4 is 5.97 Å². The van der Waals surface area contributed by atoms with Crippen molar-refractivity contribution in [2.24, 2.45) is 5.73 Å². The Balaban J connectivity index is 3.21. The molecular formula is C11H15NO2. The maximum Gasteiger partial charge on any atom is 0.335 e. The van der Waals surface area contributed by atoms with Gasteiger partial charge in [0.25, 0.3) is 0 Å². The van der Waals surface area contributed by atoms with Crippen molar-refractivity contribution in [1.82, 2.24) is 0 Å². The van der Waals surface area contributed by atoms with Crippen molar-refractivity contribution in [3.63, 3.8) is 0 Å². The molecule has 0 aliphatic heterocycles. The number of aromatic carboxylic acids is 1. The molecule has 76 valence electrons. The topological polar surface area (TPSA) is 63.3 Å². The molecule has 0 saturated heterocycles. The Morgan fingerprint density at radius 3 is 2.36 bits per heavy atom. The van der Waals surface area contributed by atoms with Crippen LogP contribution in [0.2, 0.25) is 0 Å². The fourth-order valence-electron chi connectivity index (χ4n) is 1.52. The van der Waals surface area contributed by atoms with Gasteiger partial charge in [0.15, 0.2) is 0 Å².